The Labute approximate surface area is 118 Å². The summed E-state index contributed by atoms with van der Waals surface area (Å²) in [6, 6.07) is 11.6. The lowest BCUT2D eigenvalue weighted by molar-refractivity contribution is 0.235. The summed E-state index contributed by atoms with van der Waals surface area (Å²) in [6.45, 7) is 2.79. The second kappa shape index (κ2) is 6.75. The highest BCUT2D eigenvalue weighted by Gasteiger charge is 2.07. The number of halogens is 1. The summed E-state index contributed by atoms with van der Waals surface area (Å²) in [5, 5.41) is 13.1. The largest absolute Gasteiger partial charge is 0.460 e. The molecule has 0 aliphatic carbocycles. The molecule has 1 aromatic carbocycles. The fourth-order valence-electron chi connectivity index (χ4n) is 1.83. The van der Waals surface area contributed by atoms with Crippen molar-refractivity contribution in [1.29, 1.82) is 0 Å². The number of furan rings is 1. The van der Waals surface area contributed by atoms with Crippen LogP contribution in [0.3, 0.4) is 0 Å². The molecule has 0 amide bonds. The molecule has 0 aliphatic rings. The van der Waals surface area contributed by atoms with Crippen LogP contribution in [0.25, 0.3) is 11.3 Å². The maximum atomic E-state index is 9.11. The molecule has 1 heterocycles. The fraction of sp³-hybridized carbons (Fsp3) is 0.333. The van der Waals surface area contributed by atoms with Crippen molar-refractivity contribution in [2.75, 3.05) is 6.61 Å². The van der Waals surface area contributed by atoms with E-state index in [0.29, 0.717) is 11.6 Å². The summed E-state index contributed by atoms with van der Waals surface area (Å²) >= 11 is 5.86. The van der Waals surface area contributed by atoms with Crippen LogP contribution in [0, 0.1) is 0 Å². The molecule has 0 spiro atoms. The van der Waals surface area contributed by atoms with Crippen molar-refractivity contribution in [1.82, 2.24) is 5.32 Å². The summed E-state index contributed by atoms with van der Waals surface area (Å²) in [6.07, 6.45) is 0.890. The molecule has 0 saturated carbocycles. The Morgan fingerprint density at radius 1 is 1.21 bits per heavy atom. The van der Waals surface area contributed by atoms with Gasteiger partial charge in [-0.3, -0.25) is 0 Å². The van der Waals surface area contributed by atoms with E-state index in [-0.39, 0.29) is 12.6 Å². The van der Waals surface area contributed by atoms with Gasteiger partial charge in [0, 0.05) is 16.6 Å². The molecule has 102 valence electrons. The average molecular weight is 280 g/mol. The zero-order valence-electron chi connectivity index (χ0n) is 10.9. The zero-order valence-corrected chi connectivity index (χ0v) is 11.7. The summed E-state index contributed by atoms with van der Waals surface area (Å²) in [4.78, 5) is 0. The normalized spacial score (nSPS) is 12.6. The minimum atomic E-state index is 0.115. The Morgan fingerprint density at radius 3 is 2.58 bits per heavy atom. The number of rotatable bonds is 6. The number of aliphatic hydroxyl groups is 1. The third kappa shape index (κ3) is 3.83. The Balaban J connectivity index is 2.01. The Bertz CT molecular complexity index is 503. The van der Waals surface area contributed by atoms with Gasteiger partial charge in [0.2, 0.25) is 0 Å². The van der Waals surface area contributed by atoms with Gasteiger partial charge < -0.3 is 14.8 Å². The molecule has 2 N–H and O–H groups in total. The van der Waals surface area contributed by atoms with Crippen LogP contribution < -0.4 is 5.32 Å². The number of hydrogen-bond acceptors (Lipinski definition) is 3. The number of aliphatic hydroxyl groups excluding tert-OH is 1. The molecule has 19 heavy (non-hydrogen) atoms. The van der Waals surface area contributed by atoms with E-state index in [1.807, 2.05) is 43.3 Å². The van der Waals surface area contributed by atoms with Crippen LogP contribution in [-0.4, -0.2) is 17.8 Å². The molecule has 3 nitrogen and oxygen atoms in total. The Kier molecular flexibility index (Phi) is 5.02. The smallest absolute Gasteiger partial charge is 0.134 e. The predicted molar refractivity (Wildman–Crippen MR) is 77.2 cm³/mol. The van der Waals surface area contributed by atoms with E-state index < -0.39 is 0 Å². The molecule has 1 atom stereocenters. The number of benzene rings is 1. The van der Waals surface area contributed by atoms with Crippen LogP contribution >= 0.6 is 11.6 Å². The van der Waals surface area contributed by atoms with Crippen molar-refractivity contribution >= 4 is 11.6 Å². The standard InChI is InChI=1S/C15H18ClNO2/c1-2-13(10-18)17-9-14-7-8-15(19-14)11-3-5-12(16)6-4-11/h3-8,13,17-18H,2,9-10H2,1H3/t13-/m0/s1. The highest BCUT2D eigenvalue weighted by molar-refractivity contribution is 6.30. The van der Waals surface area contributed by atoms with Gasteiger partial charge in [-0.1, -0.05) is 18.5 Å². The van der Waals surface area contributed by atoms with E-state index in [1.54, 1.807) is 0 Å². The van der Waals surface area contributed by atoms with Gasteiger partial charge in [-0.15, -0.1) is 0 Å². The van der Waals surface area contributed by atoms with Crippen molar-refractivity contribution in [2.24, 2.45) is 0 Å². The molecule has 4 heteroatoms. The zero-order chi connectivity index (χ0) is 13.7. The fourth-order valence-corrected chi connectivity index (χ4v) is 1.95. The molecule has 0 aliphatic heterocycles. The van der Waals surface area contributed by atoms with Crippen LogP contribution in [0.5, 0.6) is 0 Å². The monoisotopic (exact) mass is 279 g/mol. The first-order valence-electron chi connectivity index (χ1n) is 6.41. The molecule has 1 aromatic heterocycles. The van der Waals surface area contributed by atoms with Crippen molar-refractivity contribution in [3.8, 4) is 11.3 Å². The van der Waals surface area contributed by atoms with Crippen molar-refractivity contribution in [2.45, 2.75) is 25.9 Å². The Morgan fingerprint density at radius 2 is 1.95 bits per heavy atom. The highest BCUT2D eigenvalue weighted by Crippen LogP contribution is 2.23. The van der Waals surface area contributed by atoms with Gasteiger partial charge in [0.25, 0.3) is 0 Å². The SMILES string of the molecule is CC[C@@H](CO)NCc1ccc(-c2ccc(Cl)cc2)o1. The summed E-state index contributed by atoms with van der Waals surface area (Å²) in [5.41, 5.74) is 1.00. The lowest BCUT2D eigenvalue weighted by atomic mass is 10.2. The second-order valence-electron chi connectivity index (χ2n) is 4.44. The first-order chi connectivity index (χ1) is 9.22. The first-order valence-corrected chi connectivity index (χ1v) is 6.79. The van der Waals surface area contributed by atoms with E-state index in [4.69, 9.17) is 21.1 Å². The summed E-state index contributed by atoms with van der Waals surface area (Å²) < 4.78 is 5.76. The minimum Gasteiger partial charge on any atom is -0.460 e. The van der Waals surface area contributed by atoms with Crippen LogP contribution in [0.4, 0.5) is 0 Å². The van der Waals surface area contributed by atoms with Crippen molar-refractivity contribution in [3.05, 3.63) is 47.2 Å². The van der Waals surface area contributed by atoms with Gasteiger partial charge in [-0.05, 0) is 42.8 Å². The van der Waals surface area contributed by atoms with Crippen LogP contribution in [0.15, 0.2) is 40.8 Å². The molecule has 0 saturated heterocycles. The first kappa shape index (κ1) is 14.1. The van der Waals surface area contributed by atoms with Gasteiger partial charge >= 0.3 is 0 Å². The van der Waals surface area contributed by atoms with E-state index in [9.17, 15) is 0 Å². The van der Waals surface area contributed by atoms with E-state index in [1.165, 1.54) is 0 Å². The van der Waals surface area contributed by atoms with E-state index in [2.05, 4.69) is 5.32 Å². The molecule has 0 radical (unpaired) electrons. The lowest BCUT2D eigenvalue weighted by Gasteiger charge is -2.12. The van der Waals surface area contributed by atoms with Crippen LogP contribution in [-0.2, 0) is 6.54 Å². The predicted octanol–water partition coefficient (Wildman–Crippen LogP) is 3.46. The van der Waals surface area contributed by atoms with Gasteiger partial charge in [0.05, 0.1) is 13.2 Å². The summed E-state index contributed by atoms with van der Waals surface area (Å²) in [5.74, 6) is 1.68. The maximum absolute atomic E-state index is 9.11. The second-order valence-corrected chi connectivity index (χ2v) is 4.88. The van der Waals surface area contributed by atoms with Crippen molar-refractivity contribution in [3.63, 3.8) is 0 Å². The molecular weight excluding hydrogens is 262 g/mol. The molecular formula is C15H18ClNO2. The number of hydrogen-bond donors (Lipinski definition) is 2. The van der Waals surface area contributed by atoms with Crippen LogP contribution in [0.2, 0.25) is 5.02 Å². The topological polar surface area (TPSA) is 45.4 Å². The average Bonchev–Trinajstić information content (AvgIpc) is 2.89. The quantitative estimate of drug-likeness (QED) is 0.851. The van der Waals surface area contributed by atoms with Gasteiger partial charge in [-0.25, -0.2) is 0 Å². The lowest BCUT2D eigenvalue weighted by Crippen LogP contribution is -2.30. The molecule has 2 aromatic rings. The minimum absolute atomic E-state index is 0.115. The molecule has 0 unspecified atom stereocenters. The van der Waals surface area contributed by atoms with Gasteiger partial charge in [0.1, 0.15) is 11.5 Å². The molecule has 2 rings (SSSR count). The Hall–Kier alpha value is -1.29. The summed E-state index contributed by atoms with van der Waals surface area (Å²) in [7, 11) is 0. The number of nitrogens with one attached hydrogen (secondary N) is 1. The van der Waals surface area contributed by atoms with Crippen molar-refractivity contribution < 1.29 is 9.52 Å². The van der Waals surface area contributed by atoms with Gasteiger partial charge in [0.15, 0.2) is 0 Å². The third-order valence-corrected chi connectivity index (χ3v) is 3.32. The molecule has 0 bridgehead atoms. The van der Waals surface area contributed by atoms with Gasteiger partial charge in [-0.2, -0.15) is 0 Å². The third-order valence-electron chi connectivity index (χ3n) is 3.07. The molecule has 0 fully saturated rings. The maximum Gasteiger partial charge on any atom is 0.134 e. The van der Waals surface area contributed by atoms with E-state index in [0.717, 1.165) is 23.5 Å². The van der Waals surface area contributed by atoms with Crippen LogP contribution in [0.1, 0.15) is 19.1 Å². The van der Waals surface area contributed by atoms with E-state index >= 15 is 0 Å². The highest BCUT2D eigenvalue weighted by atomic mass is 35.5.